The number of aliphatic hydroxyl groups excluding tert-OH is 6. The Balaban J connectivity index is 1.74. The van der Waals surface area contributed by atoms with Crippen LogP contribution in [0.3, 0.4) is 0 Å². The second kappa shape index (κ2) is 7.42. The van der Waals surface area contributed by atoms with Gasteiger partial charge in [0.15, 0.2) is 23.7 Å². The van der Waals surface area contributed by atoms with E-state index < -0.39 is 59.4 Å². The molecule has 24 heavy (non-hydrogen) atoms. The van der Waals surface area contributed by atoms with Crippen LogP contribution in [-0.2, 0) is 19.1 Å². The number of carbonyl (C=O) groups excluding carboxylic acids is 2. The maximum atomic E-state index is 11.0. The molecule has 0 bridgehead atoms. The molecule has 2 rings (SSSR count). The van der Waals surface area contributed by atoms with E-state index in [2.05, 4.69) is 9.47 Å². The van der Waals surface area contributed by atoms with Crippen LogP contribution in [0.4, 0.5) is 0 Å². The van der Waals surface area contributed by atoms with E-state index in [4.69, 9.17) is 10.2 Å². The van der Waals surface area contributed by atoms with E-state index in [1.54, 1.807) is 0 Å². The lowest BCUT2D eigenvalue weighted by Gasteiger charge is -2.18. The fraction of sp³-hybridized carbons (Fsp3) is 0.500. The first kappa shape index (κ1) is 18.6. The molecule has 0 saturated heterocycles. The summed E-state index contributed by atoms with van der Waals surface area (Å²) in [6.07, 6.45) is -5.32. The Morgan fingerprint density at radius 1 is 0.792 bits per heavy atom. The van der Waals surface area contributed by atoms with Crippen molar-refractivity contribution >= 4 is 33.5 Å². The van der Waals surface area contributed by atoms with Crippen LogP contribution in [0.1, 0.15) is 0 Å². The topological polar surface area (TPSA) is 174 Å². The number of cyclic esters (lactones) is 2. The second-order valence-electron chi connectivity index (χ2n) is 4.82. The van der Waals surface area contributed by atoms with Crippen molar-refractivity contribution in [3.05, 3.63) is 23.0 Å². The van der Waals surface area contributed by atoms with E-state index in [0.29, 0.717) is 0 Å². The van der Waals surface area contributed by atoms with Crippen LogP contribution >= 0.6 is 21.6 Å². The quantitative estimate of drug-likeness (QED) is 0.191. The number of hydrogen-bond acceptors (Lipinski definition) is 12. The molecule has 0 spiro atoms. The predicted molar refractivity (Wildman–Crippen MR) is 81.3 cm³/mol. The smallest absolute Gasteiger partial charge is 0.377 e. The minimum Gasteiger partial charge on any atom is -0.505 e. The Morgan fingerprint density at radius 2 is 1.12 bits per heavy atom. The van der Waals surface area contributed by atoms with Crippen LogP contribution in [0.15, 0.2) is 23.0 Å². The van der Waals surface area contributed by atoms with Gasteiger partial charge in [0.1, 0.15) is 12.2 Å². The molecule has 0 unspecified atom stereocenters. The predicted octanol–water partition coefficient (Wildman–Crippen LogP) is -0.404. The number of carbonyl (C=O) groups is 2. The van der Waals surface area contributed by atoms with Crippen LogP contribution in [0.5, 0.6) is 0 Å². The number of hydrogen-bond donors (Lipinski definition) is 6. The van der Waals surface area contributed by atoms with Crippen molar-refractivity contribution in [3.8, 4) is 0 Å². The number of aliphatic hydroxyl groups is 6. The molecule has 2 heterocycles. The molecular weight excluding hydrogens is 368 g/mol. The highest BCUT2D eigenvalue weighted by Gasteiger charge is 2.40. The molecule has 0 saturated carbocycles. The highest BCUT2D eigenvalue weighted by molar-refractivity contribution is 8.76. The zero-order valence-corrected chi connectivity index (χ0v) is 13.5. The zero-order chi connectivity index (χ0) is 18.0. The molecule has 0 aromatic carbocycles. The molecule has 134 valence electrons. The third kappa shape index (κ3) is 3.66. The normalized spacial score (nSPS) is 26.6. The Kier molecular flexibility index (Phi) is 5.74. The molecule has 0 aromatic rings. The van der Waals surface area contributed by atoms with E-state index >= 15 is 0 Å². The Bertz CT molecular complexity index is 549. The summed E-state index contributed by atoms with van der Waals surface area (Å²) in [7, 11) is 2.08. The van der Waals surface area contributed by atoms with Crippen LogP contribution in [0.2, 0.25) is 0 Å². The van der Waals surface area contributed by atoms with Crippen molar-refractivity contribution in [1.82, 2.24) is 0 Å². The van der Waals surface area contributed by atoms with Gasteiger partial charge in [-0.25, -0.2) is 9.59 Å². The minimum atomic E-state index is -1.37. The molecule has 2 aliphatic heterocycles. The molecule has 0 amide bonds. The molecule has 12 heteroatoms. The third-order valence-corrected chi connectivity index (χ3v) is 5.58. The lowest BCUT2D eigenvalue weighted by atomic mass is 10.2. The molecule has 0 fully saturated rings. The van der Waals surface area contributed by atoms with Gasteiger partial charge in [-0.15, -0.1) is 0 Å². The molecule has 6 N–H and O–H groups in total. The number of esters is 2. The third-order valence-electron chi connectivity index (χ3n) is 3.14. The van der Waals surface area contributed by atoms with E-state index in [1.807, 2.05) is 0 Å². The fourth-order valence-corrected chi connectivity index (χ4v) is 4.10. The van der Waals surface area contributed by atoms with Gasteiger partial charge in [0.25, 0.3) is 0 Å². The van der Waals surface area contributed by atoms with Gasteiger partial charge in [-0.3, -0.25) is 0 Å². The fourth-order valence-electron chi connectivity index (χ4n) is 1.86. The van der Waals surface area contributed by atoms with Gasteiger partial charge in [-0.1, -0.05) is 21.6 Å². The largest absolute Gasteiger partial charge is 0.505 e. The summed E-state index contributed by atoms with van der Waals surface area (Å²) >= 11 is 0. The monoisotopic (exact) mass is 382 g/mol. The van der Waals surface area contributed by atoms with Crippen LogP contribution in [-0.4, -0.2) is 78.5 Å². The number of rotatable bonds is 7. The minimum absolute atomic E-state index is 0.0236. The van der Waals surface area contributed by atoms with E-state index in [9.17, 15) is 30.0 Å². The summed E-state index contributed by atoms with van der Waals surface area (Å²) < 4.78 is 9.17. The molecule has 0 aromatic heterocycles. The summed E-state index contributed by atoms with van der Waals surface area (Å²) in [5.41, 5.74) is 0. The highest BCUT2D eigenvalue weighted by Crippen LogP contribution is 2.30. The van der Waals surface area contributed by atoms with Crippen molar-refractivity contribution in [2.75, 3.05) is 11.5 Å². The zero-order valence-electron chi connectivity index (χ0n) is 11.9. The first-order chi connectivity index (χ1) is 11.2. The Hall–Kier alpha value is -1.76. The first-order valence-electron chi connectivity index (χ1n) is 6.50. The molecule has 0 aliphatic carbocycles. The first-order valence-corrected chi connectivity index (χ1v) is 8.99. The molecular formula is C12H14O10S2. The molecule has 0 radical (unpaired) electrons. The van der Waals surface area contributed by atoms with Crippen molar-refractivity contribution in [1.29, 1.82) is 0 Å². The lowest BCUT2D eigenvalue weighted by Crippen LogP contribution is -2.31. The summed E-state index contributed by atoms with van der Waals surface area (Å²) in [5, 5.41) is 56.7. The standard InChI is InChI=1S/C12H14O10S2/c13-3(9-5(15)7(17)11(19)21-9)1-23-24-2-4(14)10-6(16)8(18)12(20)22-10/h3-4,9-10,13-18H,1-2H2/t3-,4-,9+,10+/m0/s1. The molecule has 10 nitrogen and oxygen atoms in total. The van der Waals surface area contributed by atoms with Crippen molar-refractivity contribution in [2.45, 2.75) is 24.4 Å². The van der Waals surface area contributed by atoms with Gasteiger partial charge in [0.2, 0.25) is 11.5 Å². The SMILES string of the molecule is O=C1O[C@H]([C@@H](O)CSSC[C@H](O)[C@H]2OC(=O)C(O)=C2O)C(O)=C1O. The van der Waals surface area contributed by atoms with Crippen molar-refractivity contribution in [3.63, 3.8) is 0 Å². The summed E-state index contributed by atoms with van der Waals surface area (Å²) in [6, 6.07) is 0. The summed E-state index contributed by atoms with van der Waals surface area (Å²) in [4.78, 5) is 22.0. The lowest BCUT2D eigenvalue weighted by molar-refractivity contribution is -0.146. The summed E-state index contributed by atoms with van der Waals surface area (Å²) in [6.45, 7) is 0. The average molecular weight is 382 g/mol. The van der Waals surface area contributed by atoms with E-state index in [1.165, 1.54) is 0 Å². The van der Waals surface area contributed by atoms with Crippen LogP contribution < -0.4 is 0 Å². The maximum absolute atomic E-state index is 11.0. The number of ether oxygens (including phenoxy) is 2. The molecule has 4 atom stereocenters. The van der Waals surface area contributed by atoms with Gasteiger partial charge in [0, 0.05) is 11.5 Å². The summed E-state index contributed by atoms with van der Waals surface area (Å²) in [5.74, 6) is -5.70. The van der Waals surface area contributed by atoms with Gasteiger partial charge in [0.05, 0.1) is 0 Å². The maximum Gasteiger partial charge on any atom is 0.377 e. The molecule has 2 aliphatic rings. The van der Waals surface area contributed by atoms with Crippen molar-refractivity contribution < 1.29 is 49.7 Å². The van der Waals surface area contributed by atoms with Gasteiger partial charge < -0.3 is 40.1 Å². The van der Waals surface area contributed by atoms with E-state index in [-0.39, 0.29) is 11.5 Å². The highest BCUT2D eigenvalue weighted by atomic mass is 33.1. The Labute approximate surface area is 142 Å². The van der Waals surface area contributed by atoms with Gasteiger partial charge in [-0.2, -0.15) is 0 Å². The average Bonchev–Trinajstić information content (AvgIpc) is 2.96. The Morgan fingerprint density at radius 3 is 1.38 bits per heavy atom. The van der Waals surface area contributed by atoms with Gasteiger partial charge >= 0.3 is 11.9 Å². The second-order valence-corrected chi connectivity index (χ2v) is 7.38. The van der Waals surface area contributed by atoms with Gasteiger partial charge in [-0.05, 0) is 0 Å². The van der Waals surface area contributed by atoms with E-state index in [0.717, 1.165) is 21.6 Å². The van der Waals surface area contributed by atoms with Crippen LogP contribution in [0.25, 0.3) is 0 Å². The van der Waals surface area contributed by atoms with Crippen LogP contribution in [0, 0.1) is 0 Å². The van der Waals surface area contributed by atoms with Crippen molar-refractivity contribution in [2.24, 2.45) is 0 Å².